The predicted octanol–water partition coefficient (Wildman–Crippen LogP) is 12.8. The van der Waals surface area contributed by atoms with Crippen molar-refractivity contribution in [1.29, 1.82) is 0 Å². The van der Waals surface area contributed by atoms with Crippen molar-refractivity contribution in [2.24, 2.45) is 0 Å². The molecule has 0 spiro atoms. The van der Waals surface area contributed by atoms with E-state index in [1.165, 1.54) is 99.5 Å². The lowest BCUT2D eigenvalue weighted by atomic mass is 9.98. The Morgan fingerprint density at radius 2 is 0.608 bits per heavy atom. The zero-order valence-corrected chi connectivity index (χ0v) is 27.9. The van der Waals surface area contributed by atoms with Crippen molar-refractivity contribution in [3.8, 4) is 44.8 Å². The van der Waals surface area contributed by atoms with E-state index in [2.05, 4.69) is 191 Å². The summed E-state index contributed by atoms with van der Waals surface area (Å²) in [5.74, 6) is 0. The van der Waals surface area contributed by atoms with Crippen LogP contribution in [0.2, 0.25) is 0 Å². The van der Waals surface area contributed by atoms with Crippen LogP contribution in [-0.2, 0) is 6.42 Å². The Morgan fingerprint density at radius 3 is 0.961 bits per heavy atom. The molecule has 51 heavy (non-hydrogen) atoms. The van der Waals surface area contributed by atoms with E-state index in [9.17, 15) is 0 Å². The average molecular weight is 649 g/mol. The molecule has 0 N–H and O–H groups in total. The van der Waals surface area contributed by atoms with Crippen LogP contribution in [0.5, 0.6) is 0 Å². The van der Waals surface area contributed by atoms with Gasteiger partial charge in [-0.25, -0.2) is 0 Å². The first kappa shape index (κ1) is 28.2. The minimum Gasteiger partial charge on any atom is -0.309 e. The molecule has 2 heteroatoms. The maximum absolute atomic E-state index is 2.39. The van der Waals surface area contributed by atoms with Crippen LogP contribution >= 0.6 is 0 Å². The molecular weight excluding hydrogens is 617 g/mol. The molecule has 0 radical (unpaired) electrons. The van der Waals surface area contributed by atoms with Gasteiger partial charge in [0, 0.05) is 32.9 Å². The minimum atomic E-state index is 0.950. The standard InChI is InChI=1S/C49H32N2/c1-5-13-46-42(9-1)43-10-2-6-14-47(43)50(46)38-23-17-32(18-24-38)34-21-27-40-36(29-34)31-37-30-35(22-28-41(37)40)33-19-25-39(26-20-33)51-48-15-7-3-11-44(48)45-12-4-8-16-49(45)51/h1-30H,31H2. The summed E-state index contributed by atoms with van der Waals surface area (Å²) in [6.45, 7) is 0. The number of nitrogens with zero attached hydrogens (tertiary/aromatic N) is 2. The number of rotatable bonds is 4. The van der Waals surface area contributed by atoms with Gasteiger partial charge in [0.2, 0.25) is 0 Å². The van der Waals surface area contributed by atoms with Crippen LogP contribution in [0.1, 0.15) is 11.1 Å². The fraction of sp³-hybridized carbons (Fsp3) is 0.0204. The Bertz CT molecular complexity index is 2660. The van der Waals surface area contributed by atoms with Gasteiger partial charge in [-0.2, -0.15) is 0 Å². The lowest BCUT2D eigenvalue weighted by molar-refractivity contribution is 1.18. The first-order valence-electron chi connectivity index (χ1n) is 17.7. The van der Waals surface area contributed by atoms with Gasteiger partial charge < -0.3 is 9.13 Å². The largest absolute Gasteiger partial charge is 0.309 e. The van der Waals surface area contributed by atoms with Crippen molar-refractivity contribution >= 4 is 43.6 Å². The smallest absolute Gasteiger partial charge is 0.0541 e. The minimum absolute atomic E-state index is 0.950. The van der Waals surface area contributed by atoms with Gasteiger partial charge in [0.15, 0.2) is 0 Å². The third kappa shape index (κ3) is 4.30. The highest BCUT2D eigenvalue weighted by Crippen LogP contribution is 2.41. The van der Waals surface area contributed by atoms with Crippen molar-refractivity contribution in [2.45, 2.75) is 6.42 Å². The van der Waals surface area contributed by atoms with Crippen molar-refractivity contribution in [2.75, 3.05) is 0 Å². The molecule has 10 aromatic rings. The molecule has 0 unspecified atom stereocenters. The van der Waals surface area contributed by atoms with E-state index in [1.54, 1.807) is 0 Å². The maximum atomic E-state index is 2.39. The molecule has 11 rings (SSSR count). The Balaban J connectivity index is 0.886. The van der Waals surface area contributed by atoms with Gasteiger partial charge in [-0.15, -0.1) is 0 Å². The van der Waals surface area contributed by atoms with Crippen LogP contribution in [0.3, 0.4) is 0 Å². The van der Waals surface area contributed by atoms with Crippen molar-refractivity contribution in [1.82, 2.24) is 9.13 Å². The molecule has 0 fully saturated rings. The average Bonchev–Trinajstić information content (AvgIpc) is 3.85. The fourth-order valence-electron chi connectivity index (χ4n) is 8.58. The molecule has 0 bridgehead atoms. The van der Waals surface area contributed by atoms with Crippen LogP contribution in [0.15, 0.2) is 182 Å². The highest BCUT2D eigenvalue weighted by Gasteiger charge is 2.20. The van der Waals surface area contributed by atoms with Crippen LogP contribution in [0, 0.1) is 0 Å². The summed E-state index contributed by atoms with van der Waals surface area (Å²) in [5.41, 5.74) is 17.8. The van der Waals surface area contributed by atoms with Crippen LogP contribution in [0.25, 0.3) is 88.4 Å². The second-order valence-electron chi connectivity index (χ2n) is 13.8. The van der Waals surface area contributed by atoms with Crippen LogP contribution in [-0.4, -0.2) is 9.13 Å². The zero-order chi connectivity index (χ0) is 33.5. The summed E-state index contributed by atoms with van der Waals surface area (Å²) in [7, 11) is 0. The maximum Gasteiger partial charge on any atom is 0.0541 e. The van der Waals surface area contributed by atoms with Crippen molar-refractivity contribution in [3.05, 3.63) is 193 Å². The molecule has 238 valence electrons. The first-order valence-corrected chi connectivity index (χ1v) is 17.7. The highest BCUT2D eigenvalue weighted by molar-refractivity contribution is 6.10. The lowest BCUT2D eigenvalue weighted by Gasteiger charge is -2.10. The molecule has 0 aliphatic heterocycles. The van der Waals surface area contributed by atoms with Crippen LogP contribution in [0.4, 0.5) is 0 Å². The molecule has 0 amide bonds. The summed E-state index contributed by atoms with van der Waals surface area (Å²) < 4.78 is 4.76. The van der Waals surface area contributed by atoms with Gasteiger partial charge in [0.25, 0.3) is 0 Å². The van der Waals surface area contributed by atoms with Gasteiger partial charge in [-0.05, 0) is 99.5 Å². The second kappa shape index (κ2) is 10.9. The molecule has 1 aliphatic rings. The third-order valence-electron chi connectivity index (χ3n) is 11.0. The molecule has 0 saturated carbocycles. The van der Waals surface area contributed by atoms with Gasteiger partial charge in [-0.1, -0.05) is 133 Å². The van der Waals surface area contributed by atoms with E-state index in [1.807, 2.05) is 0 Å². The normalized spacial score (nSPS) is 12.2. The quantitative estimate of drug-likeness (QED) is 0.180. The molecule has 2 aromatic heterocycles. The number of aromatic nitrogens is 2. The summed E-state index contributed by atoms with van der Waals surface area (Å²) >= 11 is 0. The molecule has 2 nitrogen and oxygen atoms in total. The molecular formula is C49H32N2. The monoisotopic (exact) mass is 648 g/mol. The fourth-order valence-corrected chi connectivity index (χ4v) is 8.58. The summed E-state index contributed by atoms with van der Waals surface area (Å²) in [5, 5.41) is 5.15. The molecule has 2 heterocycles. The van der Waals surface area contributed by atoms with Crippen LogP contribution < -0.4 is 0 Å². The second-order valence-corrected chi connectivity index (χ2v) is 13.8. The van der Waals surface area contributed by atoms with E-state index in [0.29, 0.717) is 0 Å². The topological polar surface area (TPSA) is 9.86 Å². The molecule has 8 aromatic carbocycles. The molecule has 1 aliphatic carbocycles. The molecule has 0 saturated heterocycles. The van der Waals surface area contributed by atoms with E-state index >= 15 is 0 Å². The number of hydrogen-bond donors (Lipinski definition) is 0. The summed E-state index contributed by atoms with van der Waals surface area (Å²) in [4.78, 5) is 0. The lowest BCUT2D eigenvalue weighted by Crippen LogP contribution is -1.93. The van der Waals surface area contributed by atoms with Gasteiger partial charge in [0.05, 0.1) is 22.1 Å². The van der Waals surface area contributed by atoms with Gasteiger partial charge in [-0.3, -0.25) is 0 Å². The Hall–Kier alpha value is -6.64. The highest BCUT2D eigenvalue weighted by atomic mass is 15.0. The zero-order valence-electron chi connectivity index (χ0n) is 27.9. The predicted molar refractivity (Wildman–Crippen MR) is 214 cm³/mol. The number of hydrogen-bond acceptors (Lipinski definition) is 0. The van der Waals surface area contributed by atoms with E-state index in [-0.39, 0.29) is 0 Å². The van der Waals surface area contributed by atoms with Crippen molar-refractivity contribution in [3.63, 3.8) is 0 Å². The third-order valence-corrected chi connectivity index (χ3v) is 11.0. The molecule has 0 atom stereocenters. The Morgan fingerprint density at radius 1 is 0.294 bits per heavy atom. The Labute approximate surface area is 296 Å². The first-order chi connectivity index (χ1) is 25.3. The Kier molecular flexibility index (Phi) is 6.05. The summed E-state index contributed by atoms with van der Waals surface area (Å²) in [6.07, 6.45) is 0.950. The van der Waals surface area contributed by atoms with E-state index < -0.39 is 0 Å². The number of fused-ring (bicyclic) bond motifs is 9. The number of para-hydroxylation sites is 4. The van der Waals surface area contributed by atoms with E-state index in [4.69, 9.17) is 0 Å². The number of benzene rings is 8. The summed E-state index contributed by atoms with van der Waals surface area (Å²) in [6, 6.07) is 66.8. The van der Waals surface area contributed by atoms with Gasteiger partial charge in [0.1, 0.15) is 0 Å². The van der Waals surface area contributed by atoms with Crippen molar-refractivity contribution < 1.29 is 0 Å². The van der Waals surface area contributed by atoms with E-state index in [0.717, 1.165) is 6.42 Å². The van der Waals surface area contributed by atoms with Gasteiger partial charge >= 0.3 is 0 Å². The SMILES string of the molecule is c1ccc2c(c1)c1ccccc1n2-c1ccc(-c2ccc3c(c2)Cc2cc(-c4ccc(-n5c6ccccc6c6ccccc65)cc4)ccc2-3)cc1.